The Morgan fingerprint density at radius 3 is 2.66 bits per heavy atom. The second-order valence-corrected chi connectivity index (χ2v) is 9.40. The summed E-state index contributed by atoms with van der Waals surface area (Å²) < 4.78 is 33.6. The van der Waals surface area contributed by atoms with E-state index in [-0.39, 0.29) is 24.0 Å². The average Bonchev–Trinajstić information content (AvgIpc) is 3.10. The lowest BCUT2D eigenvalue weighted by Gasteiger charge is -2.15. The molecule has 0 radical (unpaired) electrons. The van der Waals surface area contributed by atoms with Crippen molar-refractivity contribution < 1.29 is 17.9 Å². The fourth-order valence-electron chi connectivity index (χ4n) is 3.42. The number of hydrogen-bond acceptors (Lipinski definition) is 4. The topological polar surface area (TPSA) is 75.7 Å². The average molecular weight is 417 g/mol. The van der Waals surface area contributed by atoms with Crippen LogP contribution in [-0.4, -0.2) is 34.0 Å². The number of nitrogens with one attached hydrogen (secondary N) is 1. The summed E-state index contributed by atoms with van der Waals surface area (Å²) in [6.45, 7) is 8.72. The second-order valence-electron chi connectivity index (χ2n) is 7.64. The van der Waals surface area contributed by atoms with Gasteiger partial charge >= 0.3 is 0 Å². The van der Waals surface area contributed by atoms with E-state index in [2.05, 4.69) is 24.6 Å². The lowest BCUT2D eigenvalue weighted by Crippen LogP contribution is -2.28. The third-order valence-electron chi connectivity index (χ3n) is 5.17. The van der Waals surface area contributed by atoms with E-state index in [1.165, 1.54) is 12.5 Å². The van der Waals surface area contributed by atoms with Gasteiger partial charge in [-0.1, -0.05) is 26.0 Å². The van der Waals surface area contributed by atoms with Crippen molar-refractivity contribution in [1.29, 1.82) is 0 Å². The van der Waals surface area contributed by atoms with Crippen molar-refractivity contribution in [3.63, 3.8) is 0 Å². The van der Waals surface area contributed by atoms with Crippen molar-refractivity contribution in [2.75, 3.05) is 24.6 Å². The van der Waals surface area contributed by atoms with Crippen LogP contribution < -0.4 is 14.4 Å². The molecule has 156 valence electrons. The van der Waals surface area contributed by atoms with Gasteiger partial charge in [0.05, 0.1) is 4.90 Å². The van der Waals surface area contributed by atoms with Gasteiger partial charge in [-0.05, 0) is 60.2 Å². The molecule has 1 amide bonds. The molecule has 0 spiro atoms. The highest BCUT2D eigenvalue weighted by molar-refractivity contribution is 7.89. The number of anilines is 1. The number of ether oxygens (including phenoxy) is 1. The molecule has 0 saturated heterocycles. The number of carbonyl (C=O) groups is 1. The smallest absolute Gasteiger partial charge is 0.240 e. The summed E-state index contributed by atoms with van der Waals surface area (Å²) in [5.41, 5.74) is 3.87. The zero-order valence-corrected chi connectivity index (χ0v) is 18.2. The largest absolute Gasteiger partial charge is 0.492 e. The Kier molecular flexibility index (Phi) is 6.29. The molecule has 0 unspecified atom stereocenters. The van der Waals surface area contributed by atoms with Crippen molar-refractivity contribution in [1.82, 2.24) is 4.72 Å². The fourth-order valence-corrected chi connectivity index (χ4v) is 4.49. The van der Waals surface area contributed by atoms with Gasteiger partial charge in [0.25, 0.3) is 0 Å². The van der Waals surface area contributed by atoms with Crippen LogP contribution in [0.1, 0.15) is 43.4 Å². The number of benzene rings is 2. The third-order valence-corrected chi connectivity index (χ3v) is 6.63. The van der Waals surface area contributed by atoms with Gasteiger partial charge in [-0.2, -0.15) is 0 Å². The minimum Gasteiger partial charge on any atom is -0.492 e. The van der Waals surface area contributed by atoms with E-state index < -0.39 is 10.0 Å². The van der Waals surface area contributed by atoms with Crippen LogP contribution in [0, 0.1) is 6.92 Å². The Morgan fingerprint density at radius 1 is 1.21 bits per heavy atom. The van der Waals surface area contributed by atoms with Crippen LogP contribution in [0.3, 0.4) is 0 Å². The van der Waals surface area contributed by atoms with Crippen LogP contribution in [-0.2, 0) is 21.2 Å². The summed E-state index contributed by atoms with van der Waals surface area (Å²) in [5, 5.41) is 0. The first-order chi connectivity index (χ1) is 13.7. The Hall–Kier alpha value is -2.38. The highest BCUT2D eigenvalue weighted by atomic mass is 32.2. The molecular formula is C22H28N2O4S. The monoisotopic (exact) mass is 416 g/mol. The Balaban J connectivity index is 1.61. The number of nitrogens with zero attached hydrogens (tertiary/aromatic N) is 1. The van der Waals surface area contributed by atoms with Crippen LogP contribution in [0.2, 0.25) is 0 Å². The maximum atomic E-state index is 12.6. The highest BCUT2D eigenvalue weighted by Gasteiger charge is 2.24. The fraction of sp³-hybridized carbons (Fsp3) is 0.409. The molecule has 0 fully saturated rings. The third kappa shape index (κ3) is 4.79. The van der Waals surface area contributed by atoms with Gasteiger partial charge < -0.3 is 9.64 Å². The zero-order chi connectivity index (χ0) is 21.2. The second kappa shape index (κ2) is 8.55. The molecule has 2 aromatic carbocycles. The van der Waals surface area contributed by atoms with Crippen LogP contribution in [0.15, 0.2) is 41.3 Å². The molecule has 2 aromatic rings. The van der Waals surface area contributed by atoms with Crippen LogP contribution >= 0.6 is 0 Å². The molecule has 1 aliphatic rings. The van der Waals surface area contributed by atoms with Crippen molar-refractivity contribution in [3.05, 3.63) is 53.1 Å². The Labute approximate surface area is 172 Å². The van der Waals surface area contributed by atoms with E-state index in [4.69, 9.17) is 4.74 Å². The molecule has 29 heavy (non-hydrogen) atoms. The zero-order valence-electron chi connectivity index (χ0n) is 17.4. The molecule has 3 rings (SSSR count). The van der Waals surface area contributed by atoms with Gasteiger partial charge in [-0.3, -0.25) is 4.79 Å². The number of hydrogen-bond donors (Lipinski definition) is 1. The molecule has 0 atom stereocenters. The normalized spacial score (nSPS) is 13.6. The molecule has 6 nitrogen and oxygen atoms in total. The Bertz CT molecular complexity index is 1020. The lowest BCUT2D eigenvalue weighted by atomic mass is 10.0. The van der Waals surface area contributed by atoms with Crippen molar-refractivity contribution >= 4 is 21.6 Å². The molecule has 7 heteroatoms. The van der Waals surface area contributed by atoms with E-state index >= 15 is 0 Å². The predicted octanol–water partition coefficient (Wildman–Crippen LogP) is 3.38. The first kappa shape index (κ1) is 21.3. The standard InChI is InChI=1S/C22H28N2O4S/c1-15(2)18-6-5-16(3)22(14-18)28-12-10-23-29(26,27)20-7-8-21-19(13-20)9-11-24(21)17(4)25/h5-8,13-15,23H,9-12H2,1-4H3. The van der Waals surface area contributed by atoms with E-state index in [0.29, 0.717) is 18.9 Å². The van der Waals surface area contributed by atoms with Gasteiger partial charge in [0.15, 0.2) is 0 Å². The van der Waals surface area contributed by atoms with Crippen molar-refractivity contribution in [3.8, 4) is 5.75 Å². The van der Waals surface area contributed by atoms with Gasteiger partial charge in [-0.15, -0.1) is 0 Å². The summed E-state index contributed by atoms with van der Waals surface area (Å²) in [6.07, 6.45) is 0.660. The van der Waals surface area contributed by atoms with E-state index in [0.717, 1.165) is 22.6 Å². The number of rotatable bonds is 7. The van der Waals surface area contributed by atoms with E-state index in [1.807, 2.05) is 19.1 Å². The van der Waals surface area contributed by atoms with Crippen LogP contribution in [0.4, 0.5) is 5.69 Å². The van der Waals surface area contributed by atoms with Gasteiger partial charge in [-0.25, -0.2) is 13.1 Å². The van der Waals surface area contributed by atoms with Crippen molar-refractivity contribution in [2.24, 2.45) is 0 Å². The summed E-state index contributed by atoms with van der Waals surface area (Å²) in [4.78, 5) is 13.5. The first-order valence-corrected chi connectivity index (χ1v) is 11.3. The Morgan fingerprint density at radius 2 is 1.97 bits per heavy atom. The van der Waals surface area contributed by atoms with Gasteiger partial charge in [0.2, 0.25) is 15.9 Å². The molecule has 0 saturated carbocycles. The number of aryl methyl sites for hydroxylation is 1. The highest BCUT2D eigenvalue weighted by Crippen LogP contribution is 2.30. The maximum absolute atomic E-state index is 12.6. The lowest BCUT2D eigenvalue weighted by molar-refractivity contribution is -0.116. The molecule has 0 aliphatic carbocycles. The molecule has 0 bridgehead atoms. The van der Waals surface area contributed by atoms with Crippen molar-refractivity contribution in [2.45, 2.75) is 44.9 Å². The van der Waals surface area contributed by atoms with E-state index in [1.54, 1.807) is 23.1 Å². The maximum Gasteiger partial charge on any atom is 0.240 e. The van der Waals surface area contributed by atoms with Crippen LogP contribution in [0.25, 0.3) is 0 Å². The summed E-state index contributed by atoms with van der Waals surface area (Å²) in [5.74, 6) is 1.14. The summed E-state index contributed by atoms with van der Waals surface area (Å²) >= 11 is 0. The van der Waals surface area contributed by atoms with Crippen LogP contribution in [0.5, 0.6) is 5.75 Å². The number of carbonyl (C=O) groups excluding carboxylic acids is 1. The number of sulfonamides is 1. The van der Waals surface area contributed by atoms with Gasteiger partial charge in [0.1, 0.15) is 12.4 Å². The quantitative estimate of drug-likeness (QED) is 0.702. The number of amides is 1. The molecule has 1 N–H and O–H groups in total. The van der Waals surface area contributed by atoms with Gasteiger partial charge in [0, 0.05) is 25.7 Å². The first-order valence-electron chi connectivity index (χ1n) is 9.83. The molecule has 1 heterocycles. The van der Waals surface area contributed by atoms with E-state index in [9.17, 15) is 13.2 Å². The summed E-state index contributed by atoms with van der Waals surface area (Å²) in [7, 11) is -3.64. The summed E-state index contributed by atoms with van der Waals surface area (Å²) in [6, 6.07) is 11.0. The molecular weight excluding hydrogens is 388 g/mol. The number of fused-ring (bicyclic) bond motifs is 1. The predicted molar refractivity (Wildman–Crippen MR) is 114 cm³/mol. The molecule has 1 aliphatic heterocycles. The molecule has 0 aromatic heterocycles. The SMILES string of the molecule is CC(=O)N1CCc2cc(S(=O)(=O)NCCOc3cc(C(C)C)ccc3C)ccc21. The minimum absolute atomic E-state index is 0.0357. The minimum atomic E-state index is -3.64.